The standard InChI is InChI=1S/C26H34FN3O3/c1-16-10-21(29-9-8-18-12-20(27)7-6-19(18)14-29)11-17(2)24(16)30(25(33)22(28)15-31)23(32)13-26(3,4)5/h6-7,10-12,22,31H,8-9,13-15,28H2,1-5H3/t22-/m0/s1. The number of rotatable bonds is 5. The first-order valence-corrected chi connectivity index (χ1v) is 11.3. The predicted octanol–water partition coefficient (Wildman–Crippen LogP) is 3.62. The van der Waals surface area contributed by atoms with Crippen molar-refractivity contribution < 1.29 is 19.1 Å². The van der Waals surface area contributed by atoms with E-state index in [1.807, 2.05) is 52.8 Å². The van der Waals surface area contributed by atoms with Crippen LogP contribution in [0.4, 0.5) is 15.8 Å². The van der Waals surface area contributed by atoms with E-state index >= 15 is 0 Å². The van der Waals surface area contributed by atoms with Crippen LogP contribution in [0.1, 0.15) is 49.4 Å². The summed E-state index contributed by atoms with van der Waals surface area (Å²) in [5.41, 5.74) is 10.7. The van der Waals surface area contributed by atoms with Gasteiger partial charge in [0.15, 0.2) is 0 Å². The minimum atomic E-state index is -1.17. The van der Waals surface area contributed by atoms with Crippen molar-refractivity contribution in [2.24, 2.45) is 11.1 Å². The number of halogens is 1. The number of benzene rings is 2. The predicted molar refractivity (Wildman–Crippen MR) is 129 cm³/mol. The van der Waals surface area contributed by atoms with Gasteiger partial charge in [-0.3, -0.25) is 9.59 Å². The van der Waals surface area contributed by atoms with Crippen LogP contribution in [0, 0.1) is 25.1 Å². The first kappa shape index (κ1) is 24.9. The summed E-state index contributed by atoms with van der Waals surface area (Å²) in [4.78, 5) is 29.6. The topological polar surface area (TPSA) is 86.9 Å². The molecule has 0 unspecified atom stereocenters. The lowest BCUT2D eigenvalue weighted by atomic mass is 9.91. The van der Waals surface area contributed by atoms with E-state index in [4.69, 9.17) is 5.73 Å². The molecule has 0 fully saturated rings. The summed E-state index contributed by atoms with van der Waals surface area (Å²) < 4.78 is 13.6. The van der Waals surface area contributed by atoms with E-state index < -0.39 is 18.6 Å². The van der Waals surface area contributed by atoms with Gasteiger partial charge >= 0.3 is 0 Å². The Kier molecular flexibility index (Phi) is 7.24. The Hall–Kier alpha value is -2.77. The number of amides is 2. The molecule has 6 nitrogen and oxygen atoms in total. The summed E-state index contributed by atoms with van der Waals surface area (Å²) >= 11 is 0. The molecule has 0 saturated heterocycles. The molecular weight excluding hydrogens is 421 g/mol. The Balaban J connectivity index is 1.97. The fourth-order valence-corrected chi connectivity index (χ4v) is 4.34. The Morgan fingerprint density at radius 2 is 1.79 bits per heavy atom. The van der Waals surface area contributed by atoms with Gasteiger partial charge in [-0.1, -0.05) is 26.8 Å². The Morgan fingerprint density at radius 3 is 2.36 bits per heavy atom. The van der Waals surface area contributed by atoms with E-state index in [2.05, 4.69) is 4.90 Å². The van der Waals surface area contributed by atoms with E-state index in [1.54, 1.807) is 6.07 Å². The third kappa shape index (κ3) is 5.60. The number of nitrogens with zero attached hydrogens (tertiary/aromatic N) is 2. The summed E-state index contributed by atoms with van der Waals surface area (Å²) in [6, 6.07) is 7.66. The van der Waals surface area contributed by atoms with Gasteiger partial charge in [-0.2, -0.15) is 0 Å². The molecule has 2 amide bonds. The van der Waals surface area contributed by atoms with Crippen LogP contribution < -0.4 is 15.5 Å². The number of hydrogen-bond donors (Lipinski definition) is 2. The Bertz CT molecular complexity index is 1040. The van der Waals surface area contributed by atoms with Gasteiger partial charge in [0, 0.05) is 25.2 Å². The van der Waals surface area contributed by atoms with Gasteiger partial charge in [-0.25, -0.2) is 9.29 Å². The van der Waals surface area contributed by atoms with Gasteiger partial charge < -0.3 is 15.7 Å². The van der Waals surface area contributed by atoms with Crippen molar-refractivity contribution >= 4 is 23.2 Å². The number of carbonyl (C=O) groups excluding carboxylic acids is 2. The largest absolute Gasteiger partial charge is 0.394 e. The summed E-state index contributed by atoms with van der Waals surface area (Å²) in [7, 11) is 0. The molecule has 178 valence electrons. The van der Waals surface area contributed by atoms with E-state index in [1.165, 1.54) is 6.07 Å². The molecule has 1 atom stereocenters. The normalized spacial score (nSPS) is 14.6. The molecule has 0 aliphatic carbocycles. The molecule has 2 aromatic rings. The minimum Gasteiger partial charge on any atom is -0.394 e. The summed E-state index contributed by atoms with van der Waals surface area (Å²) in [6.07, 6.45) is 0.907. The first-order valence-electron chi connectivity index (χ1n) is 11.3. The smallest absolute Gasteiger partial charge is 0.253 e. The second-order valence-corrected chi connectivity index (χ2v) is 10.1. The van der Waals surface area contributed by atoms with Crippen LogP contribution in [0.2, 0.25) is 0 Å². The van der Waals surface area contributed by atoms with Crippen LogP contribution in [0.5, 0.6) is 0 Å². The summed E-state index contributed by atoms with van der Waals surface area (Å²) in [5, 5.41) is 9.45. The molecule has 0 saturated carbocycles. The zero-order chi connectivity index (χ0) is 24.5. The summed E-state index contributed by atoms with van der Waals surface area (Å²) in [6.45, 7) is 10.4. The van der Waals surface area contributed by atoms with Crippen LogP contribution in [0.15, 0.2) is 30.3 Å². The number of aliphatic hydroxyl groups excluding tert-OH is 1. The van der Waals surface area contributed by atoms with Crippen molar-refractivity contribution in [3.8, 4) is 0 Å². The number of hydrogen-bond acceptors (Lipinski definition) is 5. The number of anilines is 2. The lowest BCUT2D eigenvalue weighted by Gasteiger charge is -2.33. The third-order valence-corrected chi connectivity index (χ3v) is 5.91. The van der Waals surface area contributed by atoms with E-state index in [-0.39, 0.29) is 23.6 Å². The van der Waals surface area contributed by atoms with Gasteiger partial charge in [0.1, 0.15) is 11.9 Å². The molecule has 0 radical (unpaired) electrons. The lowest BCUT2D eigenvalue weighted by molar-refractivity contribution is -0.128. The highest BCUT2D eigenvalue weighted by Gasteiger charge is 2.32. The SMILES string of the molecule is Cc1cc(N2CCc3cc(F)ccc3C2)cc(C)c1N(C(=O)CC(C)(C)C)C(=O)[C@@H](N)CO. The maximum absolute atomic E-state index is 13.6. The molecular formula is C26H34FN3O3. The van der Waals surface area contributed by atoms with Crippen LogP contribution in [0.3, 0.4) is 0 Å². The first-order chi connectivity index (χ1) is 15.4. The van der Waals surface area contributed by atoms with Crippen molar-refractivity contribution in [1.82, 2.24) is 0 Å². The second kappa shape index (κ2) is 9.61. The Labute approximate surface area is 195 Å². The minimum absolute atomic E-state index is 0.164. The molecule has 3 rings (SSSR count). The van der Waals surface area contributed by atoms with Crippen LogP contribution in [-0.2, 0) is 22.6 Å². The number of fused-ring (bicyclic) bond motifs is 1. The fraction of sp³-hybridized carbons (Fsp3) is 0.462. The highest BCUT2D eigenvalue weighted by molar-refractivity contribution is 6.17. The maximum Gasteiger partial charge on any atom is 0.253 e. The fourth-order valence-electron chi connectivity index (χ4n) is 4.34. The number of nitrogens with two attached hydrogens (primary N) is 1. The number of carbonyl (C=O) groups is 2. The van der Waals surface area contributed by atoms with Gasteiger partial charge in [0.05, 0.1) is 12.3 Å². The molecule has 7 heteroatoms. The second-order valence-electron chi connectivity index (χ2n) is 10.1. The average molecular weight is 456 g/mol. The van der Waals surface area contributed by atoms with Crippen LogP contribution in [-0.4, -0.2) is 36.1 Å². The van der Waals surface area contributed by atoms with Crippen LogP contribution >= 0.6 is 0 Å². The zero-order valence-corrected chi connectivity index (χ0v) is 20.1. The molecule has 0 spiro atoms. The Morgan fingerprint density at radius 1 is 1.15 bits per heavy atom. The molecule has 0 aromatic heterocycles. The average Bonchev–Trinajstić information content (AvgIpc) is 2.73. The molecule has 0 bridgehead atoms. The van der Waals surface area contributed by atoms with E-state index in [0.29, 0.717) is 12.2 Å². The monoisotopic (exact) mass is 455 g/mol. The van der Waals surface area contributed by atoms with E-state index in [0.717, 1.165) is 45.8 Å². The highest BCUT2D eigenvalue weighted by Crippen LogP contribution is 2.34. The molecule has 1 aliphatic heterocycles. The lowest BCUT2D eigenvalue weighted by Crippen LogP contribution is -2.50. The van der Waals surface area contributed by atoms with Gasteiger partial charge in [0.2, 0.25) is 5.91 Å². The van der Waals surface area contributed by atoms with Crippen molar-refractivity contribution in [2.45, 2.75) is 60.0 Å². The maximum atomic E-state index is 13.6. The van der Waals surface area contributed by atoms with Crippen molar-refractivity contribution in [3.05, 3.63) is 58.4 Å². The van der Waals surface area contributed by atoms with Gasteiger partial charge in [0.25, 0.3) is 5.91 Å². The number of imide groups is 1. The van der Waals surface area contributed by atoms with Crippen molar-refractivity contribution in [2.75, 3.05) is 23.0 Å². The van der Waals surface area contributed by atoms with Crippen molar-refractivity contribution in [1.29, 1.82) is 0 Å². The molecule has 1 heterocycles. The summed E-state index contributed by atoms with van der Waals surface area (Å²) in [5.74, 6) is -1.17. The van der Waals surface area contributed by atoms with Crippen LogP contribution in [0.25, 0.3) is 0 Å². The molecule has 1 aliphatic rings. The number of aryl methyl sites for hydroxylation is 2. The van der Waals surface area contributed by atoms with Crippen molar-refractivity contribution in [3.63, 3.8) is 0 Å². The quantitative estimate of drug-likeness (QED) is 0.719. The highest BCUT2D eigenvalue weighted by atomic mass is 19.1. The third-order valence-electron chi connectivity index (χ3n) is 5.91. The zero-order valence-electron chi connectivity index (χ0n) is 20.1. The van der Waals surface area contributed by atoms with E-state index in [9.17, 15) is 19.1 Å². The number of aliphatic hydroxyl groups is 1. The molecule has 33 heavy (non-hydrogen) atoms. The molecule has 3 N–H and O–H groups in total. The molecule has 2 aromatic carbocycles. The van der Waals surface area contributed by atoms with Gasteiger partial charge in [-0.15, -0.1) is 0 Å². The van der Waals surface area contributed by atoms with Gasteiger partial charge in [-0.05, 0) is 72.2 Å².